The molecule has 43 heavy (non-hydrogen) atoms. The molecule has 2 aromatic heterocycles. The molecule has 0 radical (unpaired) electrons. The molecular weight excluding hydrogens is 608 g/mol. The van der Waals surface area contributed by atoms with Crippen molar-refractivity contribution in [3.63, 3.8) is 0 Å². The van der Waals surface area contributed by atoms with Gasteiger partial charge in [-0.05, 0) is 6.26 Å². The first-order chi connectivity index (χ1) is 20.7. The van der Waals surface area contributed by atoms with Gasteiger partial charge >= 0.3 is 11.9 Å². The lowest BCUT2D eigenvalue weighted by atomic mass is 10.1. The fourth-order valence-electron chi connectivity index (χ4n) is 5.02. The molecule has 234 valence electrons. The SMILES string of the molecule is CC(=O)O[C@H]1CO[C@H]2[C@@H]1OC[C@@H]2Oc1ccnc(S(C)=O)n1.CSc1nccc(O[C@H]2CO[C@H]3[C@@H]2OC[C@@H]3OC(C)=O)n1. The van der Waals surface area contributed by atoms with Crippen molar-refractivity contribution in [3.8, 4) is 11.8 Å². The van der Waals surface area contributed by atoms with Gasteiger partial charge in [0.1, 0.15) is 24.4 Å². The molecule has 0 aliphatic carbocycles. The minimum absolute atomic E-state index is 0.207. The largest absolute Gasteiger partial charge is 0.469 e. The van der Waals surface area contributed by atoms with Crippen LogP contribution in [-0.2, 0) is 48.8 Å². The lowest BCUT2D eigenvalue weighted by Gasteiger charge is -2.17. The third kappa shape index (κ3) is 7.77. The summed E-state index contributed by atoms with van der Waals surface area (Å²) < 4.78 is 55.9. The summed E-state index contributed by atoms with van der Waals surface area (Å²) in [6, 6.07) is 3.29. The van der Waals surface area contributed by atoms with Crippen LogP contribution in [0.25, 0.3) is 0 Å². The van der Waals surface area contributed by atoms with Crippen LogP contribution in [0.15, 0.2) is 34.8 Å². The van der Waals surface area contributed by atoms with E-state index in [1.54, 1.807) is 18.3 Å². The number of aromatic nitrogens is 4. The Morgan fingerprint density at radius 1 is 0.767 bits per heavy atom. The molecule has 6 heterocycles. The van der Waals surface area contributed by atoms with Crippen LogP contribution in [0.5, 0.6) is 11.8 Å². The Bertz CT molecular complexity index is 1320. The Morgan fingerprint density at radius 2 is 1.21 bits per heavy atom. The van der Waals surface area contributed by atoms with E-state index in [9.17, 15) is 13.8 Å². The third-order valence-corrected chi connectivity index (χ3v) is 8.03. The van der Waals surface area contributed by atoms with E-state index in [1.807, 2.05) is 6.26 Å². The van der Waals surface area contributed by atoms with Crippen molar-refractivity contribution >= 4 is 34.5 Å². The number of hydrogen-bond donors (Lipinski definition) is 0. The van der Waals surface area contributed by atoms with Crippen LogP contribution in [0.1, 0.15) is 13.8 Å². The number of fused-ring (bicyclic) bond motifs is 2. The monoisotopic (exact) mass is 640 g/mol. The molecule has 6 rings (SSSR count). The maximum atomic E-state index is 11.4. The highest BCUT2D eigenvalue weighted by molar-refractivity contribution is 7.98. The van der Waals surface area contributed by atoms with E-state index in [2.05, 4.69) is 19.9 Å². The van der Waals surface area contributed by atoms with Gasteiger partial charge in [-0.3, -0.25) is 13.8 Å². The van der Waals surface area contributed by atoms with Gasteiger partial charge in [0.25, 0.3) is 0 Å². The van der Waals surface area contributed by atoms with Gasteiger partial charge in [0, 0.05) is 44.6 Å². The van der Waals surface area contributed by atoms with Crippen LogP contribution in [0.4, 0.5) is 0 Å². The molecule has 15 nitrogen and oxygen atoms in total. The first kappa shape index (κ1) is 31.5. The van der Waals surface area contributed by atoms with Gasteiger partial charge in [0.2, 0.25) is 16.9 Å². The van der Waals surface area contributed by atoms with Crippen molar-refractivity contribution in [2.45, 2.75) is 73.0 Å². The lowest BCUT2D eigenvalue weighted by Crippen LogP contribution is -2.36. The van der Waals surface area contributed by atoms with Gasteiger partial charge in [-0.25, -0.2) is 9.97 Å². The van der Waals surface area contributed by atoms with Crippen LogP contribution < -0.4 is 9.47 Å². The number of thioether (sulfide) groups is 1. The molecule has 9 atom stereocenters. The minimum atomic E-state index is -1.28. The van der Waals surface area contributed by atoms with Gasteiger partial charge in [-0.2, -0.15) is 9.97 Å². The molecule has 0 amide bonds. The van der Waals surface area contributed by atoms with Crippen LogP contribution in [0.2, 0.25) is 0 Å². The van der Waals surface area contributed by atoms with Crippen molar-refractivity contribution in [2.24, 2.45) is 0 Å². The van der Waals surface area contributed by atoms with Crippen molar-refractivity contribution in [1.29, 1.82) is 0 Å². The van der Waals surface area contributed by atoms with Crippen molar-refractivity contribution in [2.75, 3.05) is 38.9 Å². The van der Waals surface area contributed by atoms with E-state index >= 15 is 0 Å². The van der Waals surface area contributed by atoms with Crippen molar-refractivity contribution < 1.29 is 51.7 Å². The summed E-state index contributed by atoms with van der Waals surface area (Å²) in [5.74, 6) is 0.0999. The molecular formula is C26H32N4O11S2. The van der Waals surface area contributed by atoms with E-state index in [1.165, 1.54) is 38.1 Å². The molecule has 4 aliphatic rings. The maximum Gasteiger partial charge on any atom is 0.303 e. The Hall–Kier alpha value is -2.96. The number of carbonyl (C=O) groups excluding carboxylic acids is 2. The van der Waals surface area contributed by atoms with E-state index in [4.69, 9.17) is 37.9 Å². The first-order valence-electron chi connectivity index (χ1n) is 13.4. The lowest BCUT2D eigenvalue weighted by molar-refractivity contribution is -0.151. The highest BCUT2D eigenvalue weighted by atomic mass is 32.2. The summed E-state index contributed by atoms with van der Waals surface area (Å²) in [4.78, 5) is 38.5. The zero-order chi connectivity index (χ0) is 30.5. The predicted molar refractivity (Wildman–Crippen MR) is 147 cm³/mol. The average Bonchev–Trinajstić information content (AvgIpc) is 3.75. The maximum absolute atomic E-state index is 11.4. The Balaban J connectivity index is 0.000000171. The molecule has 2 aromatic rings. The highest BCUT2D eigenvalue weighted by Crippen LogP contribution is 2.32. The molecule has 4 fully saturated rings. The Labute approximate surface area is 254 Å². The van der Waals surface area contributed by atoms with Crippen LogP contribution in [-0.4, -0.2) is 124 Å². The van der Waals surface area contributed by atoms with Gasteiger partial charge in [0.15, 0.2) is 29.6 Å². The molecule has 0 bridgehead atoms. The zero-order valence-electron chi connectivity index (χ0n) is 23.9. The van der Waals surface area contributed by atoms with Crippen LogP contribution in [0.3, 0.4) is 0 Å². The minimum Gasteiger partial charge on any atom is -0.469 e. The third-order valence-electron chi connectivity index (χ3n) is 6.76. The number of carbonyl (C=O) groups is 2. The smallest absolute Gasteiger partial charge is 0.303 e. The van der Waals surface area contributed by atoms with Crippen molar-refractivity contribution in [3.05, 3.63) is 24.5 Å². The molecule has 17 heteroatoms. The number of nitrogens with zero attached hydrogens (tertiary/aromatic N) is 4. The second-order valence-electron chi connectivity index (χ2n) is 9.81. The second kappa shape index (κ2) is 14.2. The number of hydrogen-bond acceptors (Lipinski definition) is 16. The highest BCUT2D eigenvalue weighted by Gasteiger charge is 2.51. The molecule has 0 aromatic carbocycles. The van der Waals surface area contributed by atoms with Gasteiger partial charge in [-0.15, -0.1) is 0 Å². The second-order valence-corrected chi connectivity index (χ2v) is 11.9. The van der Waals surface area contributed by atoms with Crippen LogP contribution >= 0.6 is 11.8 Å². The summed E-state index contributed by atoms with van der Waals surface area (Å²) in [7, 11) is -1.28. The standard InChI is InChI=1S/C13H16N2O6S.C13H16N2O5S/c1-7(16)20-8-5-18-12-9(6-19-11(8)12)21-10-3-4-14-13(15-10)22(2)17;1-7(16)19-8-5-17-12-9(6-18-11(8)12)20-10-3-4-14-13(15-10)21-2/h3-4,8-9,11-12H,5-6H2,1-2H3;3-4,8-9,11-12H,5-6H2,1-2H3/t8-,9-,11+,12+,22?;8-,9-,11+,12+/m00/s1. The van der Waals surface area contributed by atoms with E-state index < -0.39 is 16.9 Å². The normalized spacial score (nSPS) is 31.3. The van der Waals surface area contributed by atoms with Gasteiger partial charge in [0.05, 0.1) is 37.2 Å². The topological polar surface area (TPSA) is 177 Å². The first-order valence-corrected chi connectivity index (χ1v) is 16.2. The fourth-order valence-corrected chi connectivity index (χ4v) is 5.79. The molecule has 4 saturated heterocycles. The number of rotatable bonds is 8. The van der Waals surface area contributed by atoms with E-state index in [-0.39, 0.29) is 66.4 Å². The van der Waals surface area contributed by atoms with E-state index in [0.29, 0.717) is 36.7 Å². The van der Waals surface area contributed by atoms with Gasteiger partial charge < -0.3 is 37.9 Å². The fraction of sp³-hybridized carbons (Fsp3) is 0.615. The zero-order valence-corrected chi connectivity index (χ0v) is 25.5. The quantitative estimate of drug-likeness (QED) is 0.219. The Morgan fingerprint density at radius 3 is 1.67 bits per heavy atom. The van der Waals surface area contributed by atoms with Crippen LogP contribution in [0, 0.1) is 0 Å². The number of ether oxygens (including phenoxy) is 8. The molecule has 0 saturated carbocycles. The van der Waals surface area contributed by atoms with E-state index in [0.717, 1.165) is 0 Å². The Kier molecular flexibility index (Phi) is 10.4. The average molecular weight is 641 g/mol. The summed E-state index contributed by atoms with van der Waals surface area (Å²) in [5.41, 5.74) is 0. The molecule has 0 N–H and O–H groups in total. The molecule has 4 aliphatic heterocycles. The molecule has 1 unspecified atom stereocenters. The summed E-state index contributed by atoms with van der Waals surface area (Å²) in [5, 5.41) is 0.853. The molecule has 0 spiro atoms. The summed E-state index contributed by atoms with van der Waals surface area (Å²) in [6.07, 6.45) is 3.94. The predicted octanol–water partition coefficient (Wildman–Crippen LogP) is 0.366. The summed E-state index contributed by atoms with van der Waals surface area (Å²) in [6.45, 7) is 4.02. The number of esters is 2. The van der Waals surface area contributed by atoms with Gasteiger partial charge in [-0.1, -0.05) is 11.8 Å². The summed E-state index contributed by atoms with van der Waals surface area (Å²) >= 11 is 1.45. The van der Waals surface area contributed by atoms with Crippen molar-refractivity contribution in [1.82, 2.24) is 19.9 Å².